The monoisotopic (exact) mass is 342 g/mol. The van der Waals surface area contributed by atoms with Crippen molar-refractivity contribution in [1.29, 1.82) is 5.26 Å². The Labute approximate surface area is 144 Å². The third-order valence-corrected chi connectivity index (χ3v) is 4.67. The highest BCUT2D eigenvalue weighted by Gasteiger charge is 2.29. The molecule has 1 aliphatic rings. The first kappa shape index (κ1) is 16.3. The minimum atomic E-state index is -0.0645. The highest BCUT2D eigenvalue weighted by molar-refractivity contribution is 7.99. The van der Waals surface area contributed by atoms with E-state index in [0.29, 0.717) is 23.7 Å². The molecule has 1 heterocycles. The van der Waals surface area contributed by atoms with Crippen molar-refractivity contribution in [3.63, 3.8) is 0 Å². The van der Waals surface area contributed by atoms with Crippen LogP contribution in [0.2, 0.25) is 0 Å². The number of nitrogens with zero attached hydrogens (tertiary/aromatic N) is 5. The maximum Gasteiger partial charge on any atom is 0.237 e. The smallest absolute Gasteiger partial charge is 0.237 e. The molecule has 7 nitrogen and oxygen atoms in total. The summed E-state index contributed by atoms with van der Waals surface area (Å²) >= 11 is 1.34. The van der Waals surface area contributed by atoms with E-state index in [9.17, 15) is 4.79 Å². The number of benzene rings is 1. The van der Waals surface area contributed by atoms with Crippen LogP contribution in [0.4, 0.5) is 11.6 Å². The lowest BCUT2D eigenvalue weighted by molar-refractivity contribution is -0.116. The molecular formula is C16H18N6OS. The number of hydrogen-bond donors (Lipinski definition) is 1. The van der Waals surface area contributed by atoms with Crippen molar-refractivity contribution in [2.75, 3.05) is 22.9 Å². The van der Waals surface area contributed by atoms with E-state index in [4.69, 9.17) is 11.0 Å². The van der Waals surface area contributed by atoms with E-state index >= 15 is 0 Å². The van der Waals surface area contributed by atoms with Crippen molar-refractivity contribution in [3.8, 4) is 6.07 Å². The fourth-order valence-electron chi connectivity index (χ4n) is 2.43. The van der Waals surface area contributed by atoms with Gasteiger partial charge >= 0.3 is 0 Å². The lowest BCUT2D eigenvalue weighted by atomic mass is 10.2. The van der Waals surface area contributed by atoms with E-state index in [1.165, 1.54) is 11.8 Å². The zero-order chi connectivity index (χ0) is 16.9. The van der Waals surface area contributed by atoms with Crippen LogP contribution in [0, 0.1) is 11.3 Å². The summed E-state index contributed by atoms with van der Waals surface area (Å²) in [5.41, 5.74) is 6.64. The number of nitrogen functional groups attached to an aromatic ring is 1. The van der Waals surface area contributed by atoms with Crippen molar-refractivity contribution in [1.82, 2.24) is 14.8 Å². The molecule has 124 valence electrons. The van der Waals surface area contributed by atoms with Crippen LogP contribution >= 0.6 is 11.8 Å². The first-order valence-electron chi connectivity index (χ1n) is 7.76. The number of aromatic nitrogens is 3. The minimum Gasteiger partial charge on any atom is -0.368 e. The number of para-hydroxylation sites is 1. The van der Waals surface area contributed by atoms with Crippen LogP contribution in [0.3, 0.4) is 0 Å². The van der Waals surface area contributed by atoms with Crippen LogP contribution in [0.15, 0.2) is 35.5 Å². The van der Waals surface area contributed by atoms with Gasteiger partial charge in [0.1, 0.15) is 0 Å². The summed E-state index contributed by atoms with van der Waals surface area (Å²) in [5, 5.41) is 17.5. The standard InChI is InChI=1S/C16H18N6OS/c17-9-4-10-21(12-5-2-1-3-6-12)14(23)11-24-16-20-19-15(18)22(16)13-7-8-13/h1-3,5-6,13H,4,7-8,10-11H2,(H2,18,19). The van der Waals surface area contributed by atoms with E-state index in [2.05, 4.69) is 16.3 Å². The molecule has 0 aliphatic heterocycles. The van der Waals surface area contributed by atoms with E-state index in [1.54, 1.807) is 4.90 Å². The number of nitriles is 1. The SMILES string of the molecule is N#CCCN(C(=O)CSc1nnc(N)n1C1CC1)c1ccccc1. The average Bonchev–Trinajstić information content (AvgIpc) is 3.37. The molecule has 8 heteroatoms. The number of carbonyl (C=O) groups is 1. The quantitative estimate of drug-likeness (QED) is 0.774. The lowest BCUT2D eigenvalue weighted by Gasteiger charge is -2.21. The summed E-state index contributed by atoms with van der Waals surface area (Å²) in [4.78, 5) is 14.3. The van der Waals surface area contributed by atoms with E-state index in [1.807, 2.05) is 34.9 Å². The Bertz CT molecular complexity index is 750. The van der Waals surface area contributed by atoms with Crippen LogP contribution in [-0.4, -0.2) is 33.0 Å². The van der Waals surface area contributed by atoms with Gasteiger partial charge in [-0.05, 0) is 25.0 Å². The molecule has 1 aromatic heterocycles. The molecule has 0 atom stereocenters. The number of thioether (sulfide) groups is 1. The van der Waals surface area contributed by atoms with Gasteiger partial charge in [-0.3, -0.25) is 9.36 Å². The minimum absolute atomic E-state index is 0.0645. The molecule has 1 aliphatic carbocycles. The Morgan fingerprint density at radius 3 is 2.79 bits per heavy atom. The van der Waals surface area contributed by atoms with Gasteiger partial charge in [0.05, 0.1) is 18.2 Å². The van der Waals surface area contributed by atoms with Gasteiger partial charge in [0.25, 0.3) is 0 Å². The number of anilines is 2. The Kier molecular flexibility index (Phi) is 5.01. The summed E-state index contributed by atoms with van der Waals surface area (Å²) in [5.74, 6) is 0.563. The average molecular weight is 342 g/mol. The maximum atomic E-state index is 12.6. The van der Waals surface area contributed by atoms with Gasteiger partial charge in [-0.15, -0.1) is 10.2 Å². The molecule has 2 N–H and O–H groups in total. The van der Waals surface area contributed by atoms with Crippen LogP contribution in [0.1, 0.15) is 25.3 Å². The third-order valence-electron chi connectivity index (χ3n) is 3.74. The Morgan fingerprint density at radius 1 is 1.38 bits per heavy atom. The van der Waals surface area contributed by atoms with Crippen molar-refractivity contribution in [2.45, 2.75) is 30.5 Å². The van der Waals surface area contributed by atoms with Crippen molar-refractivity contribution < 1.29 is 4.79 Å². The molecule has 0 bridgehead atoms. The number of nitrogens with two attached hydrogens (primary N) is 1. The number of rotatable bonds is 7. The first-order chi connectivity index (χ1) is 11.7. The van der Waals surface area contributed by atoms with E-state index in [0.717, 1.165) is 18.5 Å². The molecule has 1 fully saturated rings. The summed E-state index contributed by atoms with van der Waals surface area (Å²) in [6, 6.07) is 11.8. The molecule has 0 radical (unpaired) electrons. The molecule has 0 unspecified atom stereocenters. The van der Waals surface area contributed by atoms with Gasteiger partial charge in [-0.2, -0.15) is 5.26 Å². The Balaban J connectivity index is 1.69. The third kappa shape index (κ3) is 3.68. The van der Waals surface area contributed by atoms with Gasteiger partial charge in [-0.1, -0.05) is 30.0 Å². The molecule has 2 aromatic rings. The molecule has 1 amide bonds. The highest BCUT2D eigenvalue weighted by atomic mass is 32.2. The molecule has 3 rings (SSSR count). The highest BCUT2D eigenvalue weighted by Crippen LogP contribution is 2.39. The normalized spacial score (nSPS) is 13.5. The Hall–Kier alpha value is -2.53. The topological polar surface area (TPSA) is 101 Å². The number of hydrogen-bond acceptors (Lipinski definition) is 6. The second-order valence-corrected chi connectivity index (χ2v) is 6.46. The van der Waals surface area contributed by atoms with Crippen LogP contribution in [-0.2, 0) is 4.79 Å². The summed E-state index contributed by atoms with van der Waals surface area (Å²) in [6.07, 6.45) is 2.43. The van der Waals surface area contributed by atoms with Crippen LogP contribution in [0.25, 0.3) is 0 Å². The van der Waals surface area contributed by atoms with Crippen molar-refractivity contribution >= 4 is 29.3 Å². The van der Waals surface area contributed by atoms with Gasteiger partial charge in [-0.25, -0.2) is 0 Å². The van der Waals surface area contributed by atoms with E-state index in [-0.39, 0.29) is 18.1 Å². The lowest BCUT2D eigenvalue weighted by Crippen LogP contribution is -2.33. The molecule has 24 heavy (non-hydrogen) atoms. The molecule has 0 saturated heterocycles. The van der Waals surface area contributed by atoms with Crippen LogP contribution < -0.4 is 10.6 Å². The van der Waals surface area contributed by atoms with E-state index < -0.39 is 0 Å². The fraction of sp³-hybridized carbons (Fsp3) is 0.375. The molecule has 1 saturated carbocycles. The van der Waals surface area contributed by atoms with Crippen molar-refractivity contribution in [2.24, 2.45) is 0 Å². The second kappa shape index (κ2) is 7.36. The Morgan fingerprint density at radius 2 is 2.12 bits per heavy atom. The zero-order valence-electron chi connectivity index (χ0n) is 13.1. The second-order valence-electron chi connectivity index (χ2n) is 5.52. The van der Waals surface area contributed by atoms with Crippen molar-refractivity contribution in [3.05, 3.63) is 30.3 Å². The number of carbonyl (C=O) groups excluding carboxylic acids is 1. The van der Waals surface area contributed by atoms with Gasteiger partial charge in [0, 0.05) is 18.3 Å². The van der Waals surface area contributed by atoms with Gasteiger partial charge in [0.2, 0.25) is 11.9 Å². The van der Waals surface area contributed by atoms with Crippen LogP contribution in [0.5, 0.6) is 0 Å². The van der Waals surface area contributed by atoms with Gasteiger partial charge in [0.15, 0.2) is 5.16 Å². The number of amides is 1. The predicted molar refractivity (Wildman–Crippen MR) is 92.5 cm³/mol. The fourth-order valence-corrected chi connectivity index (χ4v) is 3.32. The molecular weight excluding hydrogens is 324 g/mol. The summed E-state index contributed by atoms with van der Waals surface area (Å²) in [6.45, 7) is 0.372. The molecule has 0 spiro atoms. The summed E-state index contributed by atoms with van der Waals surface area (Å²) in [7, 11) is 0. The zero-order valence-corrected chi connectivity index (χ0v) is 13.9. The largest absolute Gasteiger partial charge is 0.368 e. The maximum absolute atomic E-state index is 12.6. The van der Waals surface area contributed by atoms with Gasteiger partial charge < -0.3 is 10.6 Å². The first-order valence-corrected chi connectivity index (χ1v) is 8.75. The molecule has 1 aromatic carbocycles. The summed E-state index contributed by atoms with van der Waals surface area (Å²) < 4.78 is 1.90. The predicted octanol–water partition coefficient (Wildman–Crippen LogP) is 2.23.